The number of hydrogen-bond donors (Lipinski definition) is 0. The summed E-state index contributed by atoms with van der Waals surface area (Å²) < 4.78 is 6.42. The Kier molecular flexibility index (Phi) is 5.08. The molecule has 0 radical (unpaired) electrons. The lowest BCUT2D eigenvalue weighted by molar-refractivity contribution is 0.109. The summed E-state index contributed by atoms with van der Waals surface area (Å²) in [5.41, 5.74) is 3.46. The van der Waals surface area contributed by atoms with E-state index in [4.69, 9.17) is 4.74 Å². The van der Waals surface area contributed by atoms with Gasteiger partial charge >= 0.3 is 0 Å². The second-order valence-electron chi connectivity index (χ2n) is 8.67. The van der Waals surface area contributed by atoms with E-state index in [1.54, 1.807) is 0 Å². The molecular formula is C28H30O. The zero-order chi connectivity index (χ0) is 20.6. The lowest BCUT2D eigenvalue weighted by atomic mass is 9.92. The number of hydrogen-bond acceptors (Lipinski definition) is 1. The van der Waals surface area contributed by atoms with Crippen LogP contribution in [0, 0.1) is 6.92 Å². The summed E-state index contributed by atoms with van der Waals surface area (Å²) in [5.74, 6) is 1.49. The fourth-order valence-corrected chi connectivity index (χ4v) is 4.13. The number of ether oxygens (including phenoxy) is 1. The van der Waals surface area contributed by atoms with Crippen LogP contribution >= 0.6 is 0 Å². The largest absolute Gasteiger partial charge is 0.483 e. The van der Waals surface area contributed by atoms with Gasteiger partial charge in [0.2, 0.25) is 0 Å². The molecule has 1 heteroatoms. The Morgan fingerprint density at radius 2 is 1.59 bits per heavy atom. The second-order valence-corrected chi connectivity index (χ2v) is 8.67. The summed E-state index contributed by atoms with van der Waals surface area (Å²) in [7, 11) is 0. The molecule has 1 unspecified atom stereocenters. The Morgan fingerprint density at radius 3 is 2.31 bits per heavy atom. The molecule has 0 saturated heterocycles. The molecule has 0 saturated carbocycles. The van der Waals surface area contributed by atoms with Gasteiger partial charge in [-0.2, -0.15) is 0 Å². The van der Waals surface area contributed by atoms with E-state index in [1.165, 1.54) is 38.2 Å². The Bertz CT molecular complexity index is 1150. The van der Waals surface area contributed by atoms with E-state index in [0.29, 0.717) is 5.92 Å². The highest BCUT2D eigenvalue weighted by atomic mass is 16.5. The third kappa shape index (κ3) is 3.74. The zero-order valence-electron chi connectivity index (χ0n) is 18.1. The van der Waals surface area contributed by atoms with Crippen molar-refractivity contribution in [3.8, 4) is 5.75 Å². The van der Waals surface area contributed by atoms with Gasteiger partial charge in [0.25, 0.3) is 0 Å². The van der Waals surface area contributed by atoms with E-state index < -0.39 is 5.60 Å². The highest BCUT2D eigenvalue weighted by Crippen LogP contribution is 2.34. The van der Waals surface area contributed by atoms with Gasteiger partial charge < -0.3 is 4.74 Å². The van der Waals surface area contributed by atoms with E-state index in [2.05, 4.69) is 107 Å². The summed E-state index contributed by atoms with van der Waals surface area (Å²) in [6.45, 7) is 11.0. The molecule has 0 aliphatic rings. The monoisotopic (exact) mass is 382 g/mol. The Hall–Kier alpha value is -2.80. The van der Waals surface area contributed by atoms with Crippen LogP contribution in [0.4, 0.5) is 0 Å². The van der Waals surface area contributed by atoms with E-state index >= 15 is 0 Å². The summed E-state index contributed by atoms with van der Waals surface area (Å²) in [6.07, 6.45) is 1.15. The Labute approximate surface area is 174 Å². The Morgan fingerprint density at radius 1 is 0.862 bits per heavy atom. The van der Waals surface area contributed by atoms with Crippen LogP contribution in [0.15, 0.2) is 72.8 Å². The van der Waals surface area contributed by atoms with Gasteiger partial charge in [-0.15, -0.1) is 0 Å². The van der Waals surface area contributed by atoms with E-state index in [1.807, 2.05) is 0 Å². The van der Waals surface area contributed by atoms with Crippen LogP contribution in [0.3, 0.4) is 0 Å². The first-order valence-electron chi connectivity index (χ1n) is 10.6. The van der Waals surface area contributed by atoms with Crippen molar-refractivity contribution in [2.45, 2.75) is 52.6 Å². The van der Waals surface area contributed by atoms with Gasteiger partial charge in [-0.25, -0.2) is 0 Å². The van der Waals surface area contributed by atoms with Crippen molar-refractivity contribution >= 4 is 21.5 Å². The molecule has 4 rings (SSSR count). The van der Waals surface area contributed by atoms with Crippen LogP contribution in [0.2, 0.25) is 0 Å². The molecule has 29 heavy (non-hydrogen) atoms. The highest BCUT2D eigenvalue weighted by molar-refractivity contribution is 6.09. The van der Waals surface area contributed by atoms with Gasteiger partial charge in [-0.1, -0.05) is 68.4 Å². The van der Waals surface area contributed by atoms with Gasteiger partial charge in [0.1, 0.15) is 11.4 Å². The first-order chi connectivity index (χ1) is 13.9. The summed E-state index contributed by atoms with van der Waals surface area (Å²) in [6, 6.07) is 26.2. The topological polar surface area (TPSA) is 9.23 Å². The molecule has 0 bridgehead atoms. The molecule has 1 atom stereocenters. The molecule has 0 spiro atoms. The van der Waals surface area contributed by atoms with E-state index in [0.717, 1.165) is 12.2 Å². The molecule has 0 aliphatic heterocycles. The molecule has 1 nitrogen and oxygen atoms in total. The number of fused-ring (bicyclic) bond motifs is 3. The maximum atomic E-state index is 6.42. The number of aryl methyl sites for hydroxylation is 1. The maximum Gasteiger partial charge on any atom is 0.128 e. The smallest absolute Gasteiger partial charge is 0.128 e. The average Bonchev–Trinajstić information content (AvgIpc) is 2.73. The molecular weight excluding hydrogens is 352 g/mol. The number of benzene rings is 4. The van der Waals surface area contributed by atoms with Crippen molar-refractivity contribution in [2.24, 2.45) is 0 Å². The lowest BCUT2D eigenvalue weighted by Gasteiger charge is -2.28. The molecule has 0 aromatic heterocycles. The van der Waals surface area contributed by atoms with Crippen LogP contribution in [-0.4, -0.2) is 0 Å². The fourth-order valence-electron chi connectivity index (χ4n) is 4.13. The summed E-state index contributed by atoms with van der Waals surface area (Å²) >= 11 is 0. The van der Waals surface area contributed by atoms with Crippen molar-refractivity contribution in [2.75, 3.05) is 0 Å². The molecule has 0 heterocycles. The summed E-state index contributed by atoms with van der Waals surface area (Å²) in [5, 5.41) is 5.20. The predicted octanol–water partition coefficient (Wildman–Crippen LogP) is 8.13. The molecule has 0 aliphatic carbocycles. The Balaban J connectivity index is 1.67. The van der Waals surface area contributed by atoms with Crippen LogP contribution in [0.1, 0.15) is 56.7 Å². The quantitative estimate of drug-likeness (QED) is 0.317. The van der Waals surface area contributed by atoms with Gasteiger partial charge in [0.15, 0.2) is 0 Å². The molecule has 4 aromatic carbocycles. The van der Waals surface area contributed by atoms with E-state index in [-0.39, 0.29) is 0 Å². The predicted molar refractivity (Wildman–Crippen MR) is 125 cm³/mol. The first-order valence-corrected chi connectivity index (χ1v) is 10.6. The molecule has 148 valence electrons. The molecule has 0 fully saturated rings. The van der Waals surface area contributed by atoms with Gasteiger partial charge in [-0.05, 0) is 89.5 Å². The normalized spacial score (nSPS) is 13.0. The van der Waals surface area contributed by atoms with Gasteiger partial charge in [0.05, 0.1) is 0 Å². The SMILES string of the molecule is CCC(C)c1ccc(OC(C)(C)c2ccc3c(ccc4cccc(C)c43)c2)cc1. The van der Waals surface area contributed by atoms with Crippen LogP contribution < -0.4 is 4.74 Å². The minimum absolute atomic E-state index is 0.410. The van der Waals surface area contributed by atoms with E-state index in [9.17, 15) is 0 Å². The number of rotatable bonds is 5. The maximum absolute atomic E-state index is 6.42. The minimum Gasteiger partial charge on any atom is -0.483 e. The lowest BCUT2D eigenvalue weighted by Crippen LogP contribution is -2.25. The second kappa shape index (κ2) is 7.55. The van der Waals surface area contributed by atoms with Crippen LogP contribution in [-0.2, 0) is 5.60 Å². The first kappa shape index (κ1) is 19.5. The highest BCUT2D eigenvalue weighted by Gasteiger charge is 2.23. The van der Waals surface area contributed by atoms with Crippen molar-refractivity contribution in [1.29, 1.82) is 0 Å². The molecule has 0 amide bonds. The molecule has 4 aromatic rings. The third-order valence-electron chi connectivity index (χ3n) is 6.20. The minimum atomic E-state index is -0.410. The van der Waals surface area contributed by atoms with Gasteiger partial charge in [0, 0.05) is 0 Å². The van der Waals surface area contributed by atoms with Crippen molar-refractivity contribution in [3.63, 3.8) is 0 Å². The van der Waals surface area contributed by atoms with Crippen LogP contribution in [0.5, 0.6) is 5.75 Å². The zero-order valence-corrected chi connectivity index (χ0v) is 18.1. The third-order valence-corrected chi connectivity index (χ3v) is 6.20. The van der Waals surface area contributed by atoms with Crippen molar-refractivity contribution in [1.82, 2.24) is 0 Å². The average molecular weight is 383 g/mol. The van der Waals surface area contributed by atoms with Crippen LogP contribution in [0.25, 0.3) is 21.5 Å². The van der Waals surface area contributed by atoms with Gasteiger partial charge in [-0.3, -0.25) is 0 Å². The molecule has 0 N–H and O–H groups in total. The fraction of sp³-hybridized carbons (Fsp3) is 0.286. The standard InChI is InChI=1S/C28H30O/c1-6-19(2)21-12-15-25(16-13-21)29-28(4,5)24-14-17-26-23(18-24)11-10-22-9-7-8-20(3)27(22)26/h7-19H,6H2,1-5H3. The van der Waals surface area contributed by atoms with Crippen molar-refractivity contribution in [3.05, 3.63) is 89.5 Å². The summed E-state index contributed by atoms with van der Waals surface area (Å²) in [4.78, 5) is 0. The van der Waals surface area contributed by atoms with Crippen molar-refractivity contribution < 1.29 is 4.74 Å².